The smallest absolute Gasteiger partial charge is 0.325 e. The Balaban J connectivity index is 2.50. The van der Waals surface area contributed by atoms with E-state index >= 15 is 0 Å². The van der Waals surface area contributed by atoms with Crippen molar-refractivity contribution < 1.29 is 9.53 Å². The molecule has 0 N–H and O–H groups in total. The van der Waals surface area contributed by atoms with Crippen LogP contribution in [0.4, 0.5) is 0 Å². The molecular formula is C15H15N3O3S. The van der Waals surface area contributed by atoms with Crippen molar-refractivity contribution >= 4 is 28.6 Å². The zero-order chi connectivity index (χ0) is 16.1. The Bertz CT molecular complexity index is 795. The number of carbonyl (C=O) groups is 1. The van der Waals surface area contributed by atoms with Crippen molar-refractivity contribution in [1.82, 2.24) is 9.55 Å². The molecule has 1 aromatic carbocycles. The second-order valence-electron chi connectivity index (χ2n) is 4.72. The number of methoxy groups -OCH3 is 1. The summed E-state index contributed by atoms with van der Waals surface area (Å²) in [6.07, 6.45) is 0. The molecule has 0 saturated carbocycles. The molecule has 0 fully saturated rings. The van der Waals surface area contributed by atoms with E-state index in [0.29, 0.717) is 21.8 Å². The Labute approximate surface area is 131 Å². The number of fused-ring (bicyclic) bond motifs is 1. The van der Waals surface area contributed by atoms with Crippen LogP contribution in [0, 0.1) is 17.2 Å². The Morgan fingerprint density at radius 2 is 2.23 bits per heavy atom. The molecule has 2 aromatic rings. The lowest BCUT2D eigenvalue weighted by Crippen LogP contribution is -2.27. The summed E-state index contributed by atoms with van der Waals surface area (Å²) in [6.45, 7) is 1.59. The second kappa shape index (κ2) is 7.09. The standard InChI is InChI=1S/C15H15N3O3S/c1-10(7-16)9-22-15-17-12-6-4-3-5-11(12)14(20)18(15)8-13(19)21-2/h3-6,10H,8-9H2,1-2H3/t10-/m0/s1. The molecule has 22 heavy (non-hydrogen) atoms. The minimum atomic E-state index is -0.519. The van der Waals surface area contributed by atoms with Gasteiger partial charge in [0.15, 0.2) is 5.16 Å². The fraction of sp³-hybridized carbons (Fsp3) is 0.333. The fourth-order valence-electron chi connectivity index (χ4n) is 1.83. The van der Waals surface area contributed by atoms with E-state index in [1.165, 1.54) is 23.4 Å². The van der Waals surface area contributed by atoms with Crippen molar-refractivity contribution in [1.29, 1.82) is 5.26 Å². The van der Waals surface area contributed by atoms with Crippen LogP contribution in [-0.4, -0.2) is 28.4 Å². The number of nitrogens with zero attached hydrogens (tertiary/aromatic N) is 3. The van der Waals surface area contributed by atoms with E-state index in [-0.39, 0.29) is 18.0 Å². The molecule has 6 nitrogen and oxygen atoms in total. The van der Waals surface area contributed by atoms with Crippen molar-refractivity contribution in [3.05, 3.63) is 34.6 Å². The van der Waals surface area contributed by atoms with Crippen molar-refractivity contribution in [2.75, 3.05) is 12.9 Å². The average Bonchev–Trinajstić information content (AvgIpc) is 2.55. The zero-order valence-corrected chi connectivity index (χ0v) is 13.1. The first-order chi connectivity index (χ1) is 10.6. The fourth-order valence-corrected chi connectivity index (χ4v) is 2.77. The van der Waals surface area contributed by atoms with Gasteiger partial charge in [-0.25, -0.2) is 4.98 Å². The highest BCUT2D eigenvalue weighted by atomic mass is 32.2. The summed E-state index contributed by atoms with van der Waals surface area (Å²) in [5.74, 6) is -0.211. The number of rotatable bonds is 5. The van der Waals surface area contributed by atoms with E-state index in [4.69, 9.17) is 5.26 Å². The minimum absolute atomic E-state index is 0.181. The number of esters is 1. The molecule has 0 amide bonds. The van der Waals surface area contributed by atoms with Gasteiger partial charge in [-0.3, -0.25) is 14.2 Å². The molecule has 0 aliphatic heterocycles. The first-order valence-corrected chi connectivity index (χ1v) is 7.64. The van der Waals surface area contributed by atoms with Crippen LogP contribution in [0.5, 0.6) is 0 Å². The van der Waals surface area contributed by atoms with E-state index in [2.05, 4.69) is 15.8 Å². The van der Waals surface area contributed by atoms with Crippen LogP contribution < -0.4 is 5.56 Å². The first-order valence-electron chi connectivity index (χ1n) is 6.65. The van der Waals surface area contributed by atoms with Crippen LogP contribution in [0.2, 0.25) is 0 Å². The first kappa shape index (κ1) is 16.0. The topological polar surface area (TPSA) is 85.0 Å². The molecule has 1 heterocycles. The van der Waals surface area contributed by atoms with E-state index in [0.717, 1.165) is 0 Å². The molecule has 0 spiro atoms. The quantitative estimate of drug-likeness (QED) is 0.475. The van der Waals surface area contributed by atoms with Crippen LogP contribution in [0.25, 0.3) is 10.9 Å². The van der Waals surface area contributed by atoms with Gasteiger partial charge in [-0.1, -0.05) is 23.9 Å². The van der Waals surface area contributed by atoms with Crippen molar-refractivity contribution in [2.45, 2.75) is 18.6 Å². The molecular weight excluding hydrogens is 302 g/mol. The molecule has 0 aliphatic rings. The normalized spacial score (nSPS) is 11.9. The maximum absolute atomic E-state index is 12.6. The van der Waals surface area contributed by atoms with Gasteiger partial charge in [0.25, 0.3) is 5.56 Å². The molecule has 0 bridgehead atoms. The summed E-state index contributed by atoms with van der Waals surface area (Å²) in [5, 5.41) is 9.73. The van der Waals surface area contributed by atoms with Gasteiger partial charge in [-0.15, -0.1) is 0 Å². The van der Waals surface area contributed by atoms with Crippen LogP contribution in [0.1, 0.15) is 6.92 Å². The number of para-hydroxylation sites is 1. The minimum Gasteiger partial charge on any atom is -0.468 e. The lowest BCUT2D eigenvalue weighted by molar-refractivity contribution is -0.141. The van der Waals surface area contributed by atoms with E-state index < -0.39 is 5.97 Å². The number of ether oxygens (including phenoxy) is 1. The highest BCUT2D eigenvalue weighted by molar-refractivity contribution is 7.99. The second-order valence-corrected chi connectivity index (χ2v) is 5.71. The third-order valence-corrected chi connectivity index (χ3v) is 4.26. The van der Waals surface area contributed by atoms with Crippen LogP contribution in [0.3, 0.4) is 0 Å². The number of hydrogen-bond donors (Lipinski definition) is 0. The Hall–Kier alpha value is -2.33. The number of carbonyl (C=O) groups excluding carboxylic acids is 1. The van der Waals surface area contributed by atoms with Crippen LogP contribution in [0.15, 0.2) is 34.2 Å². The van der Waals surface area contributed by atoms with Crippen molar-refractivity contribution in [3.63, 3.8) is 0 Å². The monoisotopic (exact) mass is 317 g/mol. The van der Waals surface area contributed by atoms with E-state index in [1.54, 1.807) is 31.2 Å². The SMILES string of the molecule is COC(=O)Cn1c(SC[C@@H](C)C#N)nc2ccccc2c1=O. The third kappa shape index (κ3) is 3.46. The molecule has 0 unspecified atom stereocenters. The summed E-state index contributed by atoms with van der Waals surface area (Å²) in [4.78, 5) is 28.5. The third-order valence-electron chi connectivity index (χ3n) is 3.02. The van der Waals surface area contributed by atoms with Gasteiger partial charge in [0.05, 0.1) is 30.0 Å². The van der Waals surface area contributed by atoms with Crippen molar-refractivity contribution in [2.24, 2.45) is 5.92 Å². The molecule has 2 rings (SSSR count). The van der Waals surface area contributed by atoms with Gasteiger partial charge >= 0.3 is 5.97 Å². The lowest BCUT2D eigenvalue weighted by atomic mass is 10.2. The molecule has 0 radical (unpaired) electrons. The van der Waals surface area contributed by atoms with Crippen molar-refractivity contribution in [3.8, 4) is 6.07 Å². The molecule has 114 valence electrons. The number of hydrogen-bond acceptors (Lipinski definition) is 6. The Morgan fingerprint density at radius 1 is 1.50 bits per heavy atom. The summed E-state index contributed by atoms with van der Waals surface area (Å²) in [7, 11) is 1.27. The predicted molar refractivity (Wildman–Crippen MR) is 83.5 cm³/mol. The zero-order valence-electron chi connectivity index (χ0n) is 12.3. The summed E-state index contributed by atoms with van der Waals surface area (Å²) < 4.78 is 5.93. The number of aromatic nitrogens is 2. The lowest BCUT2D eigenvalue weighted by Gasteiger charge is -2.12. The van der Waals surface area contributed by atoms with Gasteiger partial charge in [0, 0.05) is 5.75 Å². The molecule has 1 atom stereocenters. The number of thioether (sulfide) groups is 1. The van der Waals surface area contributed by atoms with Gasteiger partial charge in [-0.2, -0.15) is 5.26 Å². The van der Waals surface area contributed by atoms with E-state index in [1.807, 2.05) is 0 Å². The molecule has 0 saturated heterocycles. The Kier molecular flexibility index (Phi) is 5.17. The summed E-state index contributed by atoms with van der Waals surface area (Å²) >= 11 is 1.28. The van der Waals surface area contributed by atoms with Gasteiger partial charge in [0.2, 0.25) is 0 Å². The molecule has 7 heteroatoms. The van der Waals surface area contributed by atoms with Gasteiger partial charge in [-0.05, 0) is 19.1 Å². The maximum Gasteiger partial charge on any atom is 0.325 e. The number of benzene rings is 1. The highest BCUT2D eigenvalue weighted by Crippen LogP contribution is 2.20. The predicted octanol–water partition coefficient (Wildman–Crippen LogP) is 1.82. The summed E-state index contributed by atoms with van der Waals surface area (Å²) in [6, 6.07) is 9.10. The highest BCUT2D eigenvalue weighted by Gasteiger charge is 2.15. The van der Waals surface area contributed by atoms with Crippen LogP contribution >= 0.6 is 11.8 Å². The average molecular weight is 317 g/mol. The largest absolute Gasteiger partial charge is 0.468 e. The summed E-state index contributed by atoms with van der Waals surface area (Å²) in [5.41, 5.74) is 0.281. The van der Waals surface area contributed by atoms with Crippen LogP contribution in [-0.2, 0) is 16.1 Å². The molecule has 1 aromatic heterocycles. The van der Waals surface area contributed by atoms with Gasteiger partial charge < -0.3 is 4.74 Å². The number of nitriles is 1. The van der Waals surface area contributed by atoms with E-state index in [9.17, 15) is 9.59 Å². The molecule has 0 aliphatic carbocycles. The van der Waals surface area contributed by atoms with Gasteiger partial charge in [0.1, 0.15) is 6.54 Å². The Morgan fingerprint density at radius 3 is 2.91 bits per heavy atom. The maximum atomic E-state index is 12.6.